The number of hydrogen-bond donors (Lipinski definition) is 7. The monoisotopic (exact) mass is 706 g/mol. The number of nitrogens with one attached hydrogen (secondary N) is 3. The number of carboxylic acid groups (broad SMARTS) is 4. The first kappa shape index (κ1) is 38.6. The van der Waals surface area contributed by atoms with Crippen LogP contribution in [0.5, 0.6) is 0 Å². The van der Waals surface area contributed by atoms with E-state index in [0.717, 1.165) is 0 Å². The Hall–Kier alpha value is -5.82. The van der Waals surface area contributed by atoms with Crippen molar-refractivity contribution < 1.29 is 58.4 Å². The molecule has 0 spiro atoms. The molecule has 1 fully saturated rings. The maximum absolute atomic E-state index is 13.3. The summed E-state index contributed by atoms with van der Waals surface area (Å²) in [6.07, 6.45) is 1.82. The minimum absolute atomic E-state index is 0.0335. The standard InChI is InChI=1S/C30H39FN8O11/c31-8-3-4-20-17-39(36-35-20)21-15-18(14-19(16-21)26(43)44)25(42)37-10-12-38(13-11-37)30(50)32-9-2-1-5-22(27(45)46)33-29(49)34-23(28(47)48)6-7-24(40)41/h14-17,22-23H,1-13H2,(H,32,50)(H,40,41)(H,43,44)(H,45,46)(H,47,48)(H2,33,34,49)/t22-,23?/m0/s1. The zero-order chi connectivity index (χ0) is 36.8. The highest BCUT2D eigenvalue weighted by molar-refractivity contribution is 5.98. The van der Waals surface area contributed by atoms with E-state index in [9.17, 15) is 48.2 Å². The van der Waals surface area contributed by atoms with E-state index in [4.69, 9.17) is 10.2 Å². The molecular weight excluding hydrogens is 667 g/mol. The van der Waals surface area contributed by atoms with Crippen molar-refractivity contribution in [2.45, 2.75) is 57.0 Å². The number of halogens is 1. The molecule has 3 rings (SSSR count). The predicted molar refractivity (Wildman–Crippen MR) is 169 cm³/mol. The molecule has 7 N–H and O–H groups in total. The second-order valence-corrected chi connectivity index (χ2v) is 11.4. The van der Waals surface area contributed by atoms with Gasteiger partial charge in [-0.3, -0.25) is 14.0 Å². The molecule has 2 aromatic rings. The third kappa shape index (κ3) is 11.7. The Labute approximate surface area is 284 Å². The number of amides is 5. The van der Waals surface area contributed by atoms with E-state index in [0.29, 0.717) is 24.2 Å². The summed E-state index contributed by atoms with van der Waals surface area (Å²) >= 11 is 0. The highest BCUT2D eigenvalue weighted by atomic mass is 19.1. The van der Waals surface area contributed by atoms with Gasteiger partial charge in [0.2, 0.25) is 0 Å². The van der Waals surface area contributed by atoms with E-state index in [1.54, 1.807) is 0 Å². The maximum Gasteiger partial charge on any atom is 0.335 e. The normalized spacial score (nSPS) is 13.9. The Kier molecular flexibility index (Phi) is 14.4. The average molecular weight is 707 g/mol. The number of alkyl halides is 1. The smallest absolute Gasteiger partial charge is 0.335 e. The Bertz CT molecular complexity index is 1560. The fourth-order valence-electron chi connectivity index (χ4n) is 4.99. The summed E-state index contributed by atoms with van der Waals surface area (Å²) in [4.78, 5) is 86.5. The van der Waals surface area contributed by atoms with Crippen LogP contribution in [0.25, 0.3) is 5.69 Å². The first-order valence-corrected chi connectivity index (χ1v) is 15.7. The van der Waals surface area contributed by atoms with Crippen molar-refractivity contribution >= 4 is 41.8 Å². The summed E-state index contributed by atoms with van der Waals surface area (Å²) in [6, 6.07) is -0.297. The van der Waals surface area contributed by atoms with Crippen LogP contribution in [0.15, 0.2) is 24.4 Å². The number of rotatable bonds is 18. The lowest BCUT2D eigenvalue weighted by Crippen LogP contribution is -2.53. The SMILES string of the molecule is O=C(O)CCC(NC(=O)N[C@@H](CCCCNC(=O)N1CCN(C(=O)c2cc(C(=O)O)cc(-n3cc(CCCF)nn3)c2)CC1)C(=O)O)C(=O)O. The molecule has 2 atom stereocenters. The Morgan fingerprint density at radius 3 is 2.02 bits per heavy atom. The highest BCUT2D eigenvalue weighted by Gasteiger charge is 2.27. The molecule has 1 aromatic heterocycles. The highest BCUT2D eigenvalue weighted by Crippen LogP contribution is 2.18. The van der Waals surface area contributed by atoms with Gasteiger partial charge in [0.1, 0.15) is 12.1 Å². The van der Waals surface area contributed by atoms with Gasteiger partial charge in [0, 0.05) is 44.7 Å². The number of aryl methyl sites for hydroxylation is 1. The third-order valence-corrected chi connectivity index (χ3v) is 7.69. The zero-order valence-corrected chi connectivity index (χ0v) is 26.9. The fraction of sp³-hybridized carbons (Fsp3) is 0.500. The van der Waals surface area contributed by atoms with E-state index < -0.39 is 67.0 Å². The van der Waals surface area contributed by atoms with Crippen LogP contribution in [0, 0.1) is 0 Å². The molecule has 0 aliphatic carbocycles. The summed E-state index contributed by atoms with van der Waals surface area (Å²) in [5, 5.41) is 51.8. The van der Waals surface area contributed by atoms with Crippen LogP contribution in [0.2, 0.25) is 0 Å². The molecule has 0 bridgehead atoms. The molecule has 20 heteroatoms. The van der Waals surface area contributed by atoms with Crippen molar-refractivity contribution in [3.05, 3.63) is 41.2 Å². The van der Waals surface area contributed by atoms with Crippen LogP contribution in [0.4, 0.5) is 14.0 Å². The number of aromatic nitrogens is 3. The number of hydrogen-bond acceptors (Lipinski definition) is 9. The molecule has 1 saturated heterocycles. The van der Waals surface area contributed by atoms with Gasteiger partial charge in [0.25, 0.3) is 5.91 Å². The van der Waals surface area contributed by atoms with Crippen LogP contribution in [0.1, 0.15) is 64.9 Å². The van der Waals surface area contributed by atoms with Gasteiger partial charge < -0.3 is 46.2 Å². The van der Waals surface area contributed by atoms with E-state index in [2.05, 4.69) is 20.9 Å². The number of carbonyl (C=O) groups excluding carboxylic acids is 3. The number of nitrogens with zero attached hydrogens (tertiary/aromatic N) is 5. The number of urea groups is 2. The number of carboxylic acids is 4. The molecule has 2 heterocycles. The van der Waals surface area contributed by atoms with Crippen molar-refractivity contribution in [3.63, 3.8) is 0 Å². The van der Waals surface area contributed by atoms with Gasteiger partial charge in [-0.1, -0.05) is 5.21 Å². The zero-order valence-electron chi connectivity index (χ0n) is 26.9. The molecular formula is C30H39FN8O11. The summed E-state index contributed by atoms with van der Waals surface area (Å²) in [6.45, 7) is 0.370. The van der Waals surface area contributed by atoms with Crippen molar-refractivity contribution in [3.8, 4) is 5.69 Å². The van der Waals surface area contributed by atoms with Gasteiger partial charge in [-0.2, -0.15) is 0 Å². The number of carbonyl (C=O) groups is 7. The summed E-state index contributed by atoms with van der Waals surface area (Å²) < 4.78 is 13.9. The second-order valence-electron chi connectivity index (χ2n) is 11.4. The van der Waals surface area contributed by atoms with Gasteiger partial charge in [-0.25, -0.2) is 28.7 Å². The summed E-state index contributed by atoms with van der Waals surface area (Å²) in [5.74, 6) is -5.78. The Morgan fingerprint density at radius 1 is 0.800 bits per heavy atom. The molecule has 1 unspecified atom stereocenters. The number of benzene rings is 1. The van der Waals surface area contributed by atoms with Crippen LogP contribution in [0.3, 0.4) is 0 Å². The number of aromatic carboxylic acids is 1. The van der Waals surface area contributed by atoms with Gasteiger partial charge in [-0.15, -0.1) is 5.10 Å². The molecule has 0 radical (unpaired) electrons. The van der Waals surface area contributed by atoms with Crippen molar-refractivity contribution in [2.75, 3.05) is 39.4 Å². The van der Waals surface area contributed by atoms with Crippen molar-refractivity contribution in [1.29, 1.82) is 0 Å². The molecule has 0 saturated carbocycles. The van der Waals surface area contributed by atoms with Gasteiger partial charge in [0.05, 0.1) is 29.8 Å². The van der Waals surface area contributed by atoms with Crippen LogP contribution in [-0.2, 0) is 20.8 Å². The molecule has 50 heavy (non-hydrogen) atoms. The lowest BCUT2D eigenvalue weighted by atomic mass is 10.1. The molecule has 1 aliphatic heterocycles. The molecule has 19 nitrogen and oxygen atoms in total. The van der Waals surface area contributed by atoms with E-state index in [-0.39, 0.29) is 69.5 Å². The first-order chi connectivity index (χ1) is 23.8. The maximum atomic E-state index is 13.3. The van der Waals surface area contributed by atoms with Gasteiger partial charge in [0.15, 0.2) is 0 Å². The summed E-state index contributed by atoms with van der Waals surface area (Å²) in [5.41, 5.74) is 0.763. The summed E-state index contributed by atoms with van der Waals surface area (Å²) in [7, 11) is 0. The number of unbranched alkanes of at least 4 members (excludes halogenated alkanes) is 1. The second kappa shape index (κ2) is 18.7. The minimum atomic E-state index is -1.52. The van der Waals surface area contributed by atoms with E-state index in [1.807, 2.05) is 5.32 Å². The van der Waals surface area contributed by atoms with E-state index >= 15 is 0 Å². The van der Waals surface area contributed by atoms with Gasteiger partial charge in [-0.05, 0) is 56.7 Å². The topological polar surface area (TPSA) is 274 Å². The van der Waals surface area contributed by atoms with Crippen molar-refractivity contribution in [1.82, 2.24) is 40.7 Å². The Balaban J connectivity index is 1.45. The largest absolute Gasteiger partial charge is 0.481 e. The first-order valence-electron chi connectivity index (χ1n) is 15.7. The van der Waals surface area contributed by atoms with Crippen molar-refractivity contribution in [2.24, 2.45) is 0 Å². The average Bonchev–Trinajstić information content (AvgIpc) is 3.56. The minimum Gasteiger partial charge on any atom is -0.481 e. The lowest BCUT2D eigenvalue weighted by Gasteiger charge is -2.34. The fourth-order valence-corrected chi connectivity index (χ4v) is 4.99. The van der Waals surface area contributed by atoms with Crippen LogP contribution >= 0.6 is 0 Å². The number of piperazine rings is 1. The van der Waals surface area contributed by atoms with Gasteiger partial charge >= 0.3 is 35.9 Å². The predicted octanol–water partition coefficient (Wildman–Crippen LogP) is 0.576. The Morgan fingerprint density at radius 2 is 1.42 bits per heavy atom. The lowest BCUT2D eigenvalue weighted by molar-refractivity contribution is -0.140. The molecule has 5 amide bonds. The molecule has 1 aliphatic rings. The molecule has 272 valence electrons. The van der Waals surface area contributed by atoms with Crippen LogP contribution < -0.4 is 16.0 Å². The molecule has 1 aromatic carbocycles. The van der Waals surface area contributed by atoms with Crippen LogP contribution in [-0.4, -0.2) is 139 Å². The third-order valence-electron chi connectivity index (χ3n) is 7.69. The van der Waals surface area contributed by atoms with E-state index in [1.165, 1.54) is 38.9 Å². The quantitative estimate of drug-likeness (QED) is 0.105. The number of aliphatic carboxylic acids is 3.